The van der Waals surface area contributed by atoms with E-state index >= 15 is 0 Å². The van der Waals surface area contributed by atoms with Crippen molar-refractivity contribution < 1.29 is 19.4 Å². The summed E-state index contributed by atoms with van der Waals surface area (Å²) < 4.78 is 7.52. The molecular weight excluding hydrogens is 606 g/mol. The van der Waals surface area contributed by atoms with E-state index in [1.807, 2.05) is 65.1 Å². The van der Waals surface area contributed by atoms with E-state index in [2.05, 4.69) is 45.5 Å². The predicted molar refractivity (Wildman–Crippen MR) is 180 cm³/mol. The first kappa shape index (κ1) is 33.2. The third-order valence-corrected chi connectivity index (χ3v) is 9.48. The standard InChI is InChI=1S/C33H40ClN7O2.CH2O2/c1-38-19-14-28(15-20-38)39(2)31(42)24-6-12-27(13-7-24)35-32-36-30-29(5-4-18-41(30)37-32)40-21-16-33(17-22-40,23-43-3)25-8-10-26(34)11-9-25;2-1-3/h4-13,18,28H,14-17,19-23H2,1-3H3,(H,35,37);1H,(H,2,3). The zero-order chi connectivity index (χ0) is 32.7. The summed E-state index contributed by atoms with van der Waals surface area (Å²) in [7, 11) is 5.82. The van der Waals surface area contributed by atoms with Crippen LogP contribution in [-0.4, -0.2) is 102 Å². The maximum atomic E-state index is 13.1. The fourth-order valence-electron chi connectivity index (χ4n) is 6.54. The number of carbonyl (C=O) groups excluding carboxylic acids is 1. The van der Waals surface area contributed by atoms with E-state index in [1.165, 1.54) is 5.56 Å². The van der Waals surface area contributed by atoms with Gasteiger partial charge in [0.25, 0.3) is 12.4 Å². The lowest BCUT2D eigenvalue weighted by Crippen LogP contribution is -2.45. The van der Waals surface area contributed by atoms with Crippen molar-refractivity contribution in [3.05, 3.63) is 83.0 Å². The Morgan fingerprint density at radius 1 is 1.09 bits per heavy atom. The van der Waals surface area contributed by atoms with Crippen LogP contribution in [0.5, 0.6) is 0 Å². The molecule has 12 heteroatoms. The van der Waals surface area contributed by atoms with E-state index in [0.717, 1.165) is 73.9 Å². The van der Waals surface area contributed by atoms with Gasteiger partial charge in [0.05, 0.1) is 12.3 Å². The second kappa shape index (κ2) is 14.9. The van der Waals surface area contributed by atoms with E-state index in [4.69, 9.17) is 31.2 Å². The molecule has 2 aromatic heterocycles. The van der Waals surface area contributed by atoms with E-state index < -0.39 is 0 Å². The van der Waals surface area contributed by atoms with Crippen molar-refractivity contribution in [3.63, 3.8) is 0 Å². The number of halogens is 1. The quantitative estimate of drug-likeness (QED) is 0.250. The number of fused-ring (bicyclic) bond motifs is 1. The minimum atomic E-state index is -0.250. The molecule has 2 N–H and O–H groups in total. The summed E-state index contributed by atoms with van der Waals surface area (Å²) in [5.74, 6) is 0.575. The van der Waals surface area contributed by atoms with Crippen LogP contribution in [-0.2, 0) is 14.9 Å². The van der Waals surface area contributed by atoms with Gasteiger partial charge in [-0.05, 0) is 99.9 Å². The molecule has 0 atom stereocenters. The largest absolute Gasteiger partial charge is 0.483 e. The number of ether oxygens (including phenoxy) is 1. The Bertz CT molecular complexity index is 1600. The molecule has 244 valence electrons. The molecule has 0 spiro atoms. The smallest absolute Gasteiger partial charge is 0.290 e. The van der Waals surface area contributed by atoms with Crippen LogP contribution in [0, 0.1) is 0 Å². The zero-order valence-electron chi connectivity index (χ0n) is 26.6. The molecule has 2 aromatic carbocycles. The molecule has 46 heavy (non-hydrogen) atoms. The number of nitrogens with zero attached hydrogens (tertiary/aromatic N) is 6. The number of carboxylic acid groups (broad SMARTS) is 1. The van der Waals surface area contributed by atoms with Crippen molar-refractivity contribution >= 4 is 47.0 Å². The van der Waals surface area contributed by atoms with Crippen LogP contribution in [0.1, 0.15) is 41.6 Å². The Kier molecular flexibility index (Phi) is 10.8. The van der Waals surface area contributed by atoms with Crippen LogP contribution < -0.4 is 10.2 Å². The molecule has 2 saturated heterocycles. The number of anilines is 3. The number of aromatic nitrogens is 3. The summed E-state index contributed by atoms with van der Waals surface area (Å²) in [5, 5.41) is 15.6. The van der Waals surface area contributed by atoms with Gasteiger partial charge in [-0.2, -0.15) is 4.98 Å². The summed E-state index contributed by atoms with van der Waals surface area (Å²) >= 11 is 6.17. The van der Waals surface area contributed by atoms with Crippen LogP contribution in [0.25, 0.3) is 5.65 Å². The van der Waals surface area contributed by atoms with Crippen LogP contribution in [0.3, 0.4) is 0 Å². The summed E-state index contributed by atoms with van der Waals surface area (Å²) in [5.41, 5.74) is 4.61. The van der Waals surface area contributed by atoms with Crippen LogP contribution in [0.15, 0.2) is 66.9 Å². The van der Waals surface area contributed by atoms with Gasteiger partial charge < -0.3 is 29.9 Å². The molecule has 1 amide bonds. The Balaban J connectivity index is 0.00000134. The summed E-state index contributed by atoms with van der Waals surface area (Å²) in [4.78, 5) is 32.9. The number of pyridine rings is 1. The van der Waals surface area contributed by atoms with Gasteiger partial charge >= 0.3 is 0 Å². The maximum absolute atomic E-state index is 13.1. The van der Waals surface area contributed by atoms with Crippen molar-refractivity contribution in [2.75, 3.05) is 64.2 Å². The van der Waals surface area contributed by atoms with Gasteiger partial charge in [0.2, 0.25) is 5.95 Å². The van der Waals surface area contributed by atoms with Crippen LogP contribution in [0.2, 0.25) is 5.02 Å². The minimum Gasteiger partial charge on any atom is -0.483 e. The lowest BCUT2D eigenvalue weighted by atomic mass is 9.73. The number of methoxy groups -OCH3 is 1. The zero-order valence-corrected chi connectivity index (χ0v) is 27.4. The molecule has 2 fully saturated rings. The molecule has 0 aliphatic carbocycles. The first-order chi connectivity index (χ1) is 22.3. The van der Waals surface area contributed by atoms with Crippen molar-refractivity contribution in [2.24, 2.45) is 0 Å². The Morgan fingerprint density at radius 3 is 2.37 bits per heavy atom. The fraction of sp³-hybridized carbons (Fsp3) is 0.412. The number of benzene rings is 2. The second-order valence-electron chi connectivity index (χ2n) is 12.1. The second-order valence-corrected chi connectivity index (χ2v) is 12.5. The highest BCUT2D eigenvalue weighted by Crippen LogP contribution is 2.38. The molecule has 4 heterocycles. The lowest BCUT2D eigenvalue weighted by molar-refractivity contribution is -0.122. The molecule has 0 saturated carbocycles. The SMILES string of the molecule is COCC1(c2ccc(Cl)cc2)CCN(c2cccn3nc(Nc4ccc(C(=O)N(C)C5CCN(C)CC5)cc4)nc23)CC1.O=CO. The molecule has 11 nitrogen and oxygen atoms in total. The molecule has 0 bridgehead atoms. The summed E-state index contributed by atoms with van der Waals surface area (Å²) in [6, 6.07) is 20.2. The van der Waals surface area contributed by atoms with Crippen molar-refractivity contribution in [1.82, 2.24) is 24.4 Å². The number of piperidine rings is 2. The van der Waals surface area contributed by atoms with Crippen molar-refractivity contribution in [3.8, 4) is 0 Å². The highest BCUT2D eigenvalue weighted by Gasteiger charge is 2.37. The van der Waals surface area contributed by atoms with Gasteiger partial charge in [0, 0.05) is 61.2 Å². The highest BCUT2D eigenvalue weighted by molar-refractivity contribution is 6.30. The Hall–Kier alpha value is -4.19. The monoisotopic (exact) mass is 647 g/mol. The molecule has 6 rings (SSSR count). The van der Waals surface area contributed by atoms with Gasteiger partial charge in [-0.1, -0.05) is 23.7 Å². The summed E-state index contributed by atoms with van der Waals surface area (Å²) in [6.45, 7) is 4.22. The van der Waals surface area contributed by atoms with Gasteiger partial charge in [-0.3, -0.25) is 9.59 Å². The van der Waals surface area contributed by atoms with E-state index in [-0.39, 0.29) is 23.8 Å². The van der Waals surface area contributed by atoms with Crippen LogP contribution in [0.4, 0.5) is 17.3 Å². The minimum absolute atomic E-state index is 0.0449. The van der Waals surface area contributed by atoms with Gasteiger partial charge in [0.15, 0.2) is 5.65 Å². The van der Waals surface area contributed by atoms with Crippen molar-refractivity contribution in [1.29, 1.82) is 0 Å². The average Bonchev–Trinajstić information content (AvgIpc) is 3.49. The number of amides is 1. The molecule has 0 unspecified atom stereocenters. The third-order valence-electron chi connectivity index (χ3n) is 9.22. The first-order valence-corrected chi connectivity index (χ1v) is 15.9. The maximum Gasteiger partial charge on any atom is 0.290 e. The normalized spacial score (nSPS) is 16.8. The topological polar surface area (TPSA) is 116 Å². The van der Waals surface area contributed by atoms with Crippen LogP contribution >= 0.6 is 11.6 Å². The average molecular weight is 648 g/mol. The molecule has 0 radical (unpaired) electrons. The number of likely N-dealkylation sites (tertiary alicyclic amines) is 1. The van der Waals surface area contributed by atoms with Gasteiger partial charge in [-0.25, -0.2) is 4.52 Å². The highest BCUT2D eigenvalue weighted by atomic mass is 35.5. The Labute approximate surface area is 274 Å². The predicted octanol–water partition coefficient (Wildman–Crippen LogP) is 5.18. The molecule has 2 aliphatic rings. The molecule has 2 aliphatic heterocycles. The van der Waals surface area contributed by atoms with E-state index in [1.54, 1.807) is 7.11 Å². The van der Waals surface area contributed by atoms with Gasteiger partial charge in [0.1, 0.15) is 0 Å². The summed E-state index contributed by atoms with van der Waals surface area (Å²) in [6.07, 6.45) is 5.85. The molecule has 4 aromatic rings. The van der Waals surface area contributed by atoms with E-state index in [0.29, 0.717) is 18.1 Å². The Morgan fingerprint density at radius 2 is 1.74 bits per heavy atom. The number of carbonyl (C=O) groups is 2. The number of nitrogens with one attached hydrogen (secondary N) is 1. The van der Waals surface area contributed by atoms with Gasteiger partial charge in [-0.15, -0.1) is 5.10 Å². The lowest BCUT2D eigenvalue weighted by Gasteiger charge is -2.42. The number of hydrogen-bond donors (Lipinski definition) is 2. The molecular formula is C34H42ClN7O4. The van der Waals surface area contributed by atoms with E-state index in [9.17, 15) is 4.79 Å². The first-order valence-electron chi connectivity index (χ1n) is 15.5. The number of rotatable bonds is 8. The van der Waals surface area contributed by atoms with Crippen molar-refractivity contribution in [2.45, 2.75) is 37.1 Å². The number of hydrogen-bond acceptors (Lipinski definition) is 8. The third kappa shape index (κ3) is 7.43. The fourth-order valence-corrected chi connectivity index (χ4v) is 6.67.